The lowest BCUT2D eigenvalue weighted by molar-refractivity contribution is 0.626. The van der Waals surface area contributed by atoms with Crippen LogP contribution in [0, 0.1) is 5.82 Å². The van der Waals surface area contributed by atoms with E-state index in [0.717, 1.165) is 30.8 Å². The van der Waals surface area contributed by atoms with Crippen LogP contribution in [0.1, 0.15) is 18.2 Å². The third-order valence-electron chi connectivity index (χ3n) is 2.84. The molecule has 19 heavy (non-hydrogen) atoms. The number of benzene rings is 1. The minimum atomic E-state index is -0.387. The van der Waals surface area contributed by atoms with Crippen molar-refractivity contribution in [3.63, 3.8) is 0 Å². The Labute approximate surface area is 117 Å². The maximum atomic E-state index is 13.1. The maximum Gasteiger partial charge on any atom is 0.141 e. The Bertz CT molecular complexity index is 539. The summed E-state index contributed by atoms with van der Waals surface area (Å²) in [6.45, 7) is 4.62. The van der Waals surface area contributed by atoms with Gasteiger partial charge in [0, 0.05) is 25.7 Å². The number of likely N-dealkylation sites (N-methyl/N-ethyl adjacent to an activating group) is 1. The second-order valence-electron chi connectivity index (χ2n) is 4.39. The predicted octanol–water partition coefficient (Wildman–Crippen LogP) is 2.88. The van der Waals surface area contributed by atoms with Crippen LogP contribution >= 0.6 is 11.6 Å². The van der Waals surface area contributed by atoms with E-state index in [1.165, 1.54) is 6.07 Å². The summed E-state index contributed by atoms with van der Waals surface area (Å²) in [5, 5.41) is 3.42. The van der Waals surface area contributed by atoms with E-state index < -0.39 is 0 Å². The molecule has 0 amide bonds. The molecule has 0 spiro atoms. The molecule has 102 valence electrons. The van der Waals surface area contributed by atoms with Crippen molar-refractivity contribution in [3.8, 4) is 0 Å². The van der Waals surface area contributed by atoms with Crippen LogP contribution in [0.3, 0.4) is 0 Å². The van der Waals surface area contributed by atoms with Crippen molar-refractivity contribution >= 4 is 11.6 Å². The van der Waals surface area contributed by atoms with Gasteiger partial charge in [-0.2, -0.15) is 0 Å². The van der Waals surface area contributed by atoms with E-state index in [0.29, 0.717) is 6.54 Å². The highest BCUT2D eigenvalue weighted by atomic mass is 35.5. The minimum Gasteiger partial charge on any atom is -0.333 e. The van der Waals surface area contributed by atoms with Gasteiger partial charge in [0.15, 0.2) is 0 Å². The fourth-order valence-electron chi connectivity index (χ4n) is 1.86. The molecule has 0 radical (unpaired) electrons. The molecular formula is C14H17ClFN3. The summed E-state index contributed by atoms with van der Waals surface area (Å²) in [5.74, 6) is -0.387. The van der Waals surface area contributed by atoms with Crippen molar-refractivity contribution in [2.45, 2.75) is 19.9 Å². The molecule has 1 aromatic heterocycles. The number of nitrogens with one attached hydrogen (secondary N) is 1. The second-order valence-corrected chi connectivity index (χ2v) is 4.80. The molecule has 0 saturated heterocycles. The molecule has 0 aliphatic heterocycles. The van der Waals surface area contributed by atoms with E-state index in [1.807, 2.05) is 10.8 Å². The summed E-state index contributed by atoms with van der Waals surface area (Å²) >= 11 is 5.76. The first-order valence-electron chi connectivity index (χ1n) is 6.34. The van der Waals surface area contributed by atoms with E-state index in [-0.39, 0.29) is 10.8 Å². The lowest BCUT2D eigenvalue weighted by Gasteiger charge is -2.03. The van der Waals surface area contributed by atoms with Gasteiger partial charge in [-0.1, -0.05) is 24.6 Å². The molecule has 2 rings (SSSR count). The Morgan fingerprint density at radius 2 is 2.26 bits per heavy atom. The highest BCUT2D eigenvalue weighted by Gasteiger charge is 2.03. The number of halogens is 2. The Morgan fingerprint density at radius 1 is 1.42 bits per heavy atom. The lowest BCUT2D eigenvalue weighted by atomic mass is 10.2. The molecule has 1 aromatic carbocycles. The molecular weight excluding hydrogens is 265 g/mol. The zero-order valence-electron chi connectivity index (χ0n) is 10.9. The lowest BCUT2D eigenvalue weighted by Crippen LogP contribution is -2.16. The first-order chi connectivity index (χ1) is 9.19. The normalized spacial score (nSPS) is 10.9. The number of nitrogens with zero attached hydrogens (tertiary/aromatic N) is 2. The summed E-state index contributed by atoms with van der Waals surface area (Å²) in [7, 11) is 0. The van der Waals surface area contributed by atoms with Crippen LogP contribution in [0.25, 0.3) is 0 Å². The van der Waals surface area contributed by atoms with Gasteiger partial charge >= 0.3 is 0 Å². The highest BCUT2D eigenvalue weighted by Crippen LogP contribution is 2.16. The van der Waals surface area contributed by atoms with Crippen molar-refractivity contribution in [3.05, 3.63) is 52.8 Å². The van der Waals surface area contributed by atoms with Gasteiger partial charge in [-0.15, -0.1) is 0 Å². The van der Waals surface area contributed by atoms with Crippen LogP contribution in [0.5, 0.6) is 0 Å². The average Bonchev–Trinajstić information content (AvgIpc) is 2.82. The predicted molar refractivity (Wildman–Crippen MR) is 75.0 cm³/mol. The third kappa shape index (κ3) is 4.04. The third-order valence-corrected chi connectivity index (χ3v) is 3.13. The van der Waals surface area contributed by atoms with Crippen LogP contribution in [0.4, 0.5) is 4.39 Å². The first-order valence-corrected chi connectivity index (χ1v) is 6.72. The fraction of sp³-hybridized carbons (Fsp3) is 0.357. The van der Waals surface area contributed by atoms with E-state index >= 15 is 0 Å². The SMILES string of the molecule is CCNCCc1cn(Cc2ccc(F)c(Cl)c2)cn1. The molecule has 0 aliphatic carbocycles. The monoisotopic (exact) mass is 281 g/mol. The smallest absolute Gasteiger partial charge is 0.141 e. The molecule has 1 N–H and O–H groups in total. The van der Waals surface area contributed by atoms with Crippen molar-refractivity contribution in [2.75, 3.05) is 13.1 Å². The van der Waals surface area contributed by atoms with Gasteiger partial charge < -0.3 is 9.88 Å². The topological polar surface area (TPSA) is 29.9 Å². The summed E-state index contributed by atoms with van der Waals surface area (Å²) in [6, 6.07) is 4.77. The van der Waals surface area contributed by atoms with Crippen molar-refractivity contribution in [1.29, 1.82) is 0 Å². The molecule has 0 atom stereocenters. The zero-order chi connectivity index (χ0) is 13.7. The van der Waals surface area contributed by atoms with Gasteiger partial charge in [0.25, 0.3) is 0 Å². The quantitative estimate of drug-likeness (QED) is 0.825. The molecule has 0 fully saturated rings. The Hall–Kier alpha value is -1.39. The van der Waals surface area contributed by atoms with E-state index in [2.05, 4.69) is 17.2 Å². The number of imidazole rings is 1. The van der Waals surface area contributed by atoms with Crippen LogP contribution in [0.15, 0.2) is 30.7 Å². The largest absolute Gasteiger partial charge is 0.333 e. The van der Waals surface area contributed by atoms with Crippen molar-refractivity contribution in [1.82, 2.24) is 14.9 Å². The number of aromatic nitrogens is 2. The molecule has 0 saturated carbocycles. The standard InChI is InChI=1S/C14H17ClFN3/c1-2-17-6-5-12-9-19(10-18-12)8-11-3-4-14(16)13(15)7-11/h3-4,7,9-10,17H,2,5-6,8H2,1H3. The summed E-state index contributed by atoms with van der Waals surface area (Å²) in [5.41, 5.74) is 2.01. The fourth-order valence-corrected chi connectivity index (χ4v) is 2.07. The molecule has 1 heterocycles. The molecule has 0 bridgehead atoms. The van der Waals surface area contributed by atoms with E-state index in [9.17, 15) is 4.39 Å². The number of hydrogen-bond donors (Lipinski definition) is 1. The van der Waals surface area contributed by atoms with Crippen molar-refractivity contribution < 1.29 is 4.39 Å². The van der Waals surface area contributed by atoms with Gasteiger partial charge in [-0.3, -0.25) is 0 Å². The highest BCUT2D eigenvalue weighted by molar-refractivity contribution is 6.30. The van der Waals surface area contributed by atoms with Crippen molar-refractivity contribution in [2.24, 2.45) is 0 Å². The Morgan fingerprint density at radius 3 is 3.00 bits per heavy atom. The number of hydrogen-bond acceptors (Lipinski definition) is 2. The summed E-state index contributed by atoms with van der Waals surface area (Å²) in [4.78, 5) is 4.34. The molecule has 0 unspecified atom stereocenters. The molecule has 0 aliphatic rings. The van der Waals surface area contributed by atoms with Gasteiger partial charge in [0.1, 0.15) is 5.82 Å². The zero-order valence-corrected chi connectivity index (χ0v) is 11.6. The van der Waals surface area contributed by atoms with Crippen LogP contribution in [-0.4, -0.2) is 22.6 Å². The summed E-state index contributed by atoms with van der Waals surface area (Å²) in [6.07, 6.45) is 4.71. The molecule has 5 heteroatoms. The van der Waals surface area contributed by atoms with Crippen LogP contribution in [-0.2, 0) is 13.0 Å². The Kier molecular flexibility index (Phi) is 4.93. The molecule has 3 nitrogen and oxygen atoms in total. The van der Waals surface area contributed by atoms with Gasteiger partial charge in [0.05, 0.1) is 17.0 Å². The second kappa shape index (κ2) is 6.68. The maximum absolute atomic E-state index is 13.1. The first kappa shape index (κ1) is 14.0. The van der Waals surface area contributed by atoms with Gasteiger partial charge in [-0.25, -0.2) is 9.37 Å². The van der Waals surface area contributed by atoms with Crippen LogP contribution in [0.2, 0.25) is 5.02 Å². The number of rotatable bonds is 6. The summed E-state index contributed by atoms with van der Waals surface area (Å²) < 4.78 is 15.0. The van der Waals surface area contributed by atoms with E-state index in [1.54, 1.807) is 18.5 Å². The average molecular weight is 282 g/mol. The Balaban J connectivity index is 1.97. The van der Waals surface area contributed by atoms with Crippen LogP contribution < -0.4 is 5.32 Å². The van der Waals surface area contributed by atoms with Gasteiger partial charge in [0.2, 0.25) is 0 Å². The minimum absolute atomic E-state index is 0.157. The molecule has 2 aromatic rings. The van der Waals surface area contributed by atoms with Gasteiger partial charge in [-0.05, 0) is 24.2 Å². The van der Waals surface area contributed by atoms with E-state index in [4.69, 9.17) is 11.6 Å².